The lowest BCUT2D eigenvalue weighted by Crippen LogP contribution is -2.23. The lowest BCUT2D eigenvalue weighted by molar-refractivity contribution is 0.447. The molecule has 0 bridgehead atoms. The molecule has 0 radical (unpaired) electrons. The molecule has 0 saturated heterocycles. The second-order valence-corrected chi connectivity index (χ2v) is 10.4. The number of aromatic hydroxyl groups is 1. The first-order valence-electron chi connectivity index (χ1n) is 11.0. The Bertz CT molecular complexity index is 1280. The summed E-state index contributed by atoms with van der Waals surface area (Å²) in [6.45, 7) is 3.98. The minimum atomic E-state index is -0.450. The number of benzene rings is 2. The van der Waals surface area contributed by atoms with Crippen molar-refractivity contribution in [2.45, 2.75) is 43.4 Å². The molecule has 1 unspecified atom stereocenters. The lowest BCUT2D eigenvalue weighted by Gasteiger charge is -2.30. The number of rotatable bonds is 4. The quantitative estimate of drug-likeness (QED) is 0.350. The van der Waals surface area contributed by atoms with Crippen molar-refractivity contribution in [2.75, 3.05) is 0 Å². The summed E-state index contributed by atoms with van der Waals surface area (Å²) >= 11 is 26.1. The van der Waals surface area contributed by atoms with E-state index in [1.807, 2.05) is 18.2 Å². The summed E-state index contributed by atoms with van der Waals surface area (Å²) < 4.78 is 0. The molecule has 2 aromatic carbocycles. The Morgan fingerprint density at radius 2 is 1.76 bits per heavy atom. The van der Waals surface area contributed by atoms with Crippen molar-refractivity contribution in [3.8, 4) is 5.75 Å². The van der Waals surface area contributed by atoms with Crippen molar-refractivity contribution in [2.24, 2.45) is 0 Å². The summed E-state index contributed by atoms with van der Waals surface area (Å²) in [7, 11) is 0. The Kier molecular flexibility index (Phi) is 6.07. The monoisotopic (exact) mass is 516 g/mol. The van der Waals surface area contributed by atoms with E-state index >= 15 is 0 Å². The maximum Gasteiger partial charge on any atom is 0.238 e. The van der Waals surface area contributed by atoms with Gasteiger partial charge < -0.3 is 5.11 Å². The molecule has 1 fully saturated rings. The van der Waals surface area contributed by atoms with Gasteiger partial charge in [0.25, 0.3) is 0 Å². The Morgan fingerprint density at radius 1 is 0.970 bits per heavy atom. The van der Waals surface area contributed by atoms with Crippen molar-refractivity contribution in [3.05, 3.63) is 103 Å². The number of phenols is 1. The Morgan fingerprint density at radius 3 is 2.52 bits per heavy atom. The smallest absolute Gasteiger partial charge is 0.238 e. The number of aromatic nitrogens is 1. The molecular weight excluding hydrogens is 496 g/mol. The number of nitrogens with zero attached hydrogens (tertiary/aromatic N) is 1. The highest BCUT2D eigenvalue weighted by Crippen LogP contribution is 2.63. The van der Waals surface area contributed by atoms with Crippen LogP contribution in [-0.2, 0) is 11.8 Å². The normalized spacial score (nSPS) is 17.3. The summed E-state index contributed by atoms with van der Waals surface area (Å²) in [6, 6.07) is 11.4. The predicted octanol–water partition coefficient (Wildman–Crippen LogP) is 8.80. The molecule has 2 aliphatic carbocycles. The third kappa shape index (κ3) is 3.91. The van der Waals surface area contributed by atoms with Crippen molar-refractivity contribution >= 4 is 52.5 Å². The van der Waals surface area contributed by atoms with E-state index in [9.17, 15) is 5.11 Å². The summed E-state index contributed by atoms with van der Waals surface area (Å²) in [5, 5.41) is 13.4. The van der Waals surface area contributed by atoms with Gasteiger partial charge in [0.1, 0.15) is 5.75 Å². The SMILES string of the molecule is [CH2+]c1nc(C2(C(c3ccc4c(c3O)CCCC=C4)c3cccc(Cl)c3Cl)CC2)c(Cl)cc1Cl. The third-order valence-corrected chi connectivity index (χ3v) is 8.31. The minimum absolute atomic E-state index is 0.285. The highest BCUT2D eigenvalue weighted by atomic mass is 35.5. The van der Waals surface area contributed by atoms with Gasteiger partial charge in [0.15, 0.2) is 0 Å². The number of allylic oxidation sites excluding steroid dienone is 1. The lowest BCUT2D eigenvalue weighted by atomic mass is 9.74. The van der Waals surface area contributed by atoms with E-state index in [4.69, 9.17) is 51.4 Å². The van der Waals surface area contributed by atoms with Crippen molar-refractivity contribution in [1.29, 1.82) is 0 Å². The largest absolute Gasteiger partial charge is 0.507 e. The summed E-state index contributed by atoms with van der Waals surface area (Å²) in [5.74, 6) is 0.0260. The van der Waals surface area contributed by atoms with Gasteiger partial charge in [-0.2, -0.15) is 0 Å². The van der Waals surface area contributed by atoms with Crippen molar-refractivity contribution < 1.29 is 5.11 Å². The number of pyridine rings is 1. The third-order valence-electron chi connectivity index (χ3n) is 6.86. The molecular formula is C27H22Cl4NO+. The maximum atomic E-state index is 11.6. The van der Waals surface area contributed by atoms with Crippen LogP contribution < -0.4 is 0 Å². The zero-order valence-electron chi connectivity index (χ0n) is 17.8. The Balaban J connectivity index is 1.77. The molecule has 3 aromatic rings. The van der Waals surface area contributed by atoms with Gasteiger partial charge in [-0.25, -0.2) is 4.98 Å². The molecule has 33 heavy (non-hydrogen) atoms. The van der Waals surface area contributed by atoms with Gasteiger partial charge in [-0.15, -0.1) is 0 Å². The summed E-state index contributed by atoms with van der Waals surface area (Å²) in [6.07, 6.45) is 8.72. The van der Waals surface area contributed by atoms with Crippen LogP contribution in [0.1, 0.15) is 65.2 Å². The van der Waals surface area contributed by atoms with Crippen LogP contribution >= 0.6 is 46.4 Å². The Hall–Kier alpha value is -1.84. The molecule has 1 atom stereocenters. The predicted molar refractivity (Wildman–Crippen MR) is 138 cm³/mol. The zero-order chi connectivity index (χ0) is 23.3. The van der Waals surface area contributed by atoms with Crippen LogP contribution in [0.4, 0.5) is 0 Å². The van der Waals surface area contributed by atoms with Crippen molar-refractivity contribution in [3.63, 3.8) is 0 Å². The van der Waals surface area contributed by atoms with E-state index in [2.05, 4.69) is 25.1 Å². The molecule has 0 amide bonds. The summed E-state index contributed by atoms with van der Waals surface area (Å²) in [5.41, 5.74) is 4.44. The zero-order valence-corrected chi connectivity index (χ0v) is 20.9. The molecule has 5 rings (SSSR count). The van der Waals surface area contributed by atoms with E-state index < -0.39 is 5.41 Å². The highest BCUT2D eigenvalue weighted by Gasteiger charge is 2.55. The number of phenolic OH excluding ortho intramolecular Hbond substituents is 1. The fraction of sp³-hybridized carbons (Fsp3) is 0.259. The van der Waals surface area contributed by atoms with Crippen LogP contribution in [0.25, 0.3) is 6.08 Å². The molecule has 1 heterocycles. The number of fused-ring (bicyclic) bond motifs is 1. The maximum absolute atomic E-state index is 11.6. The molecule has 2 aliphatic rings. The van der Waals surface area contributed by atoms with E-state index in [0.29, 0.717) is 31.5 Å². The first-order valence-corrected chi connectivity index (χ1v) is 12.5. The van der Waals surface area contributed by atoms with Crippen LogP contribution in [0.15, 0.2) is 42.5 Å². The second kappa shape index (κ2) is 8.74. The van der Waals surface area contributed by atoms with E-state index in [-0.39, 0.29) is 5.92 Å². The second-order valence-electron chi connectivity index (χ2n) is 8.85. The van der Waals surface area contributed by atoms with Gasteiger partial charge in [0.05, 0.1) is 33.8 Å². The number of hydrogen-bond acceptors (Lipinski definition) is 2. The number of hydrogen-bond donors (Lipinski definition) is 1. The molecule has 1 N–H and O–H groups in total. The van der Waals surface area contributed by atoms with Gasteiger partial charge in [-0.3, -0.25) is 0 Å². The van der Waals surface area contributed by atoms with Gasteiger partial charge in [-0.1, -0.05) is 71.2 Å². The van der Waals surface area contributed by atoms with Gasteiger partial charge in [0.2, 0.25) is 10.7 Å². The minimum Gasteiger partial charge on any atom is -0.507 e. The summed E-state index contributed by atoms with van der Waals surface area (Å²) in [4.78, 5) is 4.72. The fourth-order valence-electron chi connectivity index (χ4n) is 5.09. The van der Waals surface area contributed by atoms with Crippen LogP contribution in [0, 0.1) is 6.92 Å². The van der Waals surface area contributed by atoms with Gasteiger partial charge in [-0.05, 0) is 49.3 Å². The molecule has 0 spiro atoms. The standard InChI is InChI=1S/C27H21Cl4NO/c1-15-21(29)14-22(30)26(32-15)27(12-13-27)23(18-8-5-9-20(28)24(18)31)19-11-10-16-6-3-2-4-7-17(16)25(19)33/h3,5-6,8-11,14,23H,1-2,4,7,12-13H2/p+1. The van der Waals surface area contributed by atoms with Crippen molar-refractivity contribution in [1.82, 2.24) is 4.98 Å². The van der Waals surface area contributed by atoms with E-state index in [0.717, 1.165) is 60.1 Å². The molecule has 2 nitrogen and oxygen atoms in total. The highest BCUT2D eigenvalue weighted by molar-refractivity contribution is 6.42. The van der Waals surface area contributed by atoms with E-state index in [1.165, 1.54) is 0 Å². The molecule has 168 valence electrons. The van der Waals surface area contributed by atoms with Crippen LogP contribution in [0.3, 0.4) is 0 Å². The van der Waals surface area contributed by atoms with Gasteiger partial charge in [0, 0.05) is 34.1 Å². The molecule has 6 heteroatoms. The molecule has 1 saturated carbocycles. The fourth-order valence-corrected chi connectivity index (χ4v) is 6.05. The topological polar surface area (TPSA) is 33.1 Å². The van der Waals surface area contributed by atoms with Crippen LogP contribution in [-0.4, -0.2) is 10.1 Å². The molecule has 0 aliphatic heterocycles. The van der Waals surface area contributed by atoms with Crippen LogP contribution in [0.2, 0.25) is 20.1 Å². The molecule has 1 aromatic heterocycles. The van der Waals surface area contributed by atoms with Crippen LogP contribution in [0.5, 0.6) is 5.75 Å². The first-order chi connectivity index (χ1) is 15.8. The average Bonchev–Trinajstić information content (AvgIpc) is 3.60. The average molecular weight is 518 g/mol. The van der Waals surface area contributed by atoms with E-state index in [1.54, 1.807) is 12.1 Å². The van der Waals surface area contributed by atoms with Gasteiger partial charge >= 0.3 is 0 Å². The Labute approximate surface area is 214 Å². The number of halogens is 4. The first kappa shape index (κ1) is 22.9.